The first kappa shape index (κ1) is 14.0. The molecule has 0 amide bonds. The molecule has 1 fully saturated rings. The van der Waals surface area contributed by atoms with Gasteiger partial charge in [0.1, 0.15) is 4.21 Å². The number of nitrogens with zero attached hydrogens (tertiary/aromatic N) is 2. The largest absolute Gasteiger partial charge is 0.392 e. The second-order valence-corrected chi connectivity index (χ2v) is 7.88. The van der Waals surface area contributed by atoms with Gasteiger partial charge in [0.15, 0.2) is 0 Å². The van der Waals surface area contributed by atoms with Gasteiger partial charge in [-0.15, -0.1) is 11.3 Å². The van der Waals surface area contributed by atoms with E-state index in [1.165, 1.54) is 15.6 Å². The van der Waals surface area contributed by atoms with Crippen molar-refractivity contribution in [2.24, 2.45) is 0 Å². The molecule has 0 saturated carbocycles. The number of hydrogen-bond donors (Lipinski definition) is 1. The number of rotatable bonds is 4. The second-order valence-electron chi connectivity index (χ2n) is 4.81. The number of aliphatic hydroxyl groups excluding tert-OH is 1. The summed E-state index contributed by atoms with van der Waals surface area (Å²) in [7, 11) is 0.349. The Kier molecular flexibility index (Phi) is 4.08. The maximum atomic E-state index is 12.4. The van der Waals surface area contributed by atoms with Crippen LogP contribution < -0.4 is 0 Å². The summed E-state index contributed by atoms with van der Waals surface area (Å²) in [6, 6.07) is 3.18. The Hall–Kier alpha value is -0.470. The third kappa shape index (κ3) is 2.75. The summed E-state index contributed by atoms with van der Waals surface area (Å²) in [5, 5.41) is 11.5. The second kappa shape index (κ2) is 5.26. The van der Waals surface area contributed by atoms with Gasteiger partial charge in [-0.2, -0.15) is 4.31 Å². The maximum absolute atomic E-state index is 12.4. The highest BCUT2D eigenvalue weighted by Gasteiger charge is 2.40. The fourth-order valence-electron chi connectivity index (χ4n) is 2.27. The molecule has 1 saturated heterocycles. The normalized spacial score (nSPS) is 26.0. The molecular formula is C11H18N2O3S2. The lowest BCUT2D eigenvalue weighted by Gasteiger charge is -2.25. The average molecular weight is 290 g/mol. The van der Waals surface area contributed by atoms with Crippen LogP contribution in [0.15, 0.2) is 21.7 Å². The predicted molar refractivity (Wildman–Crippen MR) is 71.2 cm³/mol. The molecule has 5 nitrogen and oxygen atoms in total. The molecule has 0 bridgehead atoms. The summed E-state index contributed by atoms with van der Waals surface area (Å²) in [5.74, 6) is 0. The van der Waals surface area contributed by atoms with Gasteiger partial charge in [0.25, 0.3) is 10.0 Å². The zero-order valence-electron chi connectivity index (χ0n) is 10.5. The molecule has 102 valence electrons. The highest BCUT2D eigenvalue weighted by atomic mass is 32.2. The molecule has 1 aliphatic heterocycles. The molecule has 2 heterocycles. The van der Waals surface area contributed by atoms with Crippen LogP contribution in [0.1, 0.15) is 6.42 Å². The topological polar surface area (TPSA) is 60.9 Å². The molecule has 18 heavy (non-hydrogen) atoms. The third-order valence-electron chi connectivity index (χ3n) is 2.98. The molecule has 0 aliphatic carbocycles. The van der Waals surface area contributed by atoms with Crippen molar-refractivity contribution in [1.29, 1.82) is 0 Å². The van der Waals surface area contributed by atoms with E-state index in [1.807, 2.05) is 19.0 Å². The number of hydrogen-bond acceptors (Lipinski definition) is 5. The van der Waals surface area contributed by atoms with Gasteiger partial charge in [-0.25, -0.2) is 8.42 Å². The zero-order chi connectivity index (χ0) is 13.3. The molecule has 1 aliphatic rings. The minimum absolute atomic E-state index is 0.151. The Morgan fingerprint density at radius 1 is 1.56 bits per heavy atom. The highest BCUT2D eigenvalue weighted by Crippen LogP contribution is 2.28. The Bertz CT molecular complexity index is 484. The third-order valence-corrected chi connectivity index (χ3v) is 6.27. The number of likely N-dealkylation sites (N-methyl/N-ethyl adjacent to an activating group) is 1. The van der Waals surface area contributed by atoms with Crippen LogP contribution in [0.5, 0.6) is 0 Å². The predicted octanol–water partition coefficient (Wildman–Crippen LogP) is 0.434. The van der Waals surface area contributed by atoms with Gasteiger partial charge in [0, 0.05) is 19.1 Å². The standard InChI is InChI=1S/C11H18N2O3S2/c1-12(2)7-9-6-10(14)8-13(9)18(15,16)11-4-3-5-17-11/h3-5,9-10,14H,6-8H2,1-2H3. The van der Waals surface area contributed by atoms with Crippen LogP contribution in [0.3, 0.4) is 0 Å². The number of sulfonamides is 1. The zero-order valence-corrected chi connectivity index (χ0v) is 12.1. The first-order valence-corrected chi connectivity index (χ1v) is 8.11. The molecule has 0 spiro atoms. The smallest absolute Gasteiger partial charge is 0.252 e. The van der Waals surface area contributed by atoms with E-state index in [0.29, 0.717) is 17.2 Å². The summed E-state index contributed by atoms with van der Waals surface area (Å²) in [5.41, 5.74) is 0. The maximum Gasteiger partial charge on any atom is 0.252 e. The van der Waals surface area contributed by atoms with E-state index in [1.54, 1.807) is 17.5 Å². The number of aliphatic hydroxyl groups is 1. The first-order chi connectivity index (χ1) is 8.41. The quantitative estimate of drug-likeness (QED) is 0.874. The Labute approximate surface area is 112 Å². The van der Waals surface area contributed by atoms with Crippen molar-refractivity contribution in [3.8, 4) is 0 Å². The molecular weight excluding hydrogens is 272 g/mol. The fraction of sp³-hybridized carbons (Fsp3) is 0.636. The Morgan fingerprint density at radius 2 is 2.28 bits per heavy atom. The van der Waals surface area contributed by atoms with Crippen molar-refractivity contribution >= 4 is 21.4 Å². The van der Waals surface area contributed by atoms with Crippen LogP contribution in [-0.2, 0) is 10.0 Å². The first-order valence-electron chi connectivity index (χ1n) is 5.79. The van der Waals surface area contributed by atoms with Gasteiger partial charge >= 0.3 is 0 Å². The van der Waals surface area contributed by atoms with Gasteiger partial charge in [0.2, 0.25) is 0 Å². The van der Waals surface area contributed by atoms with Crippen LogP contribution in [0.2, 0.25) is 0 Å². The highest BCUT2D eigenvalue weighted by molar-refractivity contribution is 7.91. The van der Waals surface area contributed by atoms with E-state index >= 15 is 0 Å². The van der Waals surface area contributed by atoms with Crippen LogP contribution in [0.4, 0.5) is 0 Å². The Morgan fingerprint density at radius 3 is 2.83 bits per heavy atom. The molecule has 2 atom stereocenters. The monoisotopic (exact) mass is 290 g/mol. The van der Waals surface area contributed by atoms with Crippen LogP contribution >= 0.6 is 11.3 Å². The number of thiophene rings is 1. The van der Waals surface area contributed by atoms with Crippen LogP contribution in [-0.4, -0.2) is 62.1 Å². The van der Waals surface area contributed by atoms with Crippen molar-refractivity contribution in [3.05, 3.63) is 17.5 Å². The van der Waals surface area contributed by atoms with E-state index in [-0.39, 0.29) is 12.6 Å². The SMILES string of the molecule is CN(C)CC1CC(O)CN1S(=O)(=O)c1cccs1. The van der Waals surface area contributed by atoms with Gasteiger partial charge in [-0.3, -0.25) is 0 Å². The van der Waals surface area contributed by atoms with Gasteiger partial charge in [0.05, 0.1) is 6.10 Å². The summed E-state index contributed by atoms with van der Waals surface area (Å²) < 4.78 is 26.7. The summed E-state index contributed by atoms with van der Waals surface area (Å²) in [6.07, 6.45) is -0.0623. The molecule has 1 aromatic heterocycles. The molecule has 0 radical (unpaired) electrons. The van der Waals surface area contributed by atoms with Crippen molar-refractivity contribution in [1.82, 2.24) is 9.21 Å². The molecule has 1 aromatic rings. The van der Waals surface area contributed by atoms with E-state index in [9.17, 15) is 13.5 Å². The molecule has 1 N–H and O–H groups in total. The lowest BCUT2D eigenvalue weighted by molar-refractivity contribution is 0.188. The minimum atomic E-state index is -3.46. The van der Waals surface area contributed by atoms with E-state index < -0.39 is 16.1 Å². The van der Waals surface area contributed by atoms with Crippen molar-refractivity contribution in [3.63, 3.8) is 0 Å². The van der Waals surface area contributed by atoms with Gasteiger partial charge in [-0.1, -0.05) is 6.07 Å². The molecule has 2 rings (SSSR count). The molecule has 2 unspecified atom stereocenters. The molecule has 0 aromatic carbocycles. The van der Waals surface area contributed by atoms with Crippen molar-refractivity contribution in [2.45, 2.75) is 22.8 Å². The summed E-state index contributed by atoms with van der Waals surface area (Å²) in [6.45, 7) is 0.820. The lowest BCUT2D eigenvalue weighted by Crippen LogP contribution is -2.41. The van der Waals surface area contributed by atoms with Crippen molar-refractivity contribution < 1.29 is 13.5 Å². The lowest BCUT2D eigenvalue weighted by atomic mass is 10.2. The van der Waals surface area contributed by atoms with Crippen molar-refractivity contribution in [2.75, 3.05) is 27.2 Å². The minimum Gasteiger partial charge on any atom is -0.392 e. The van der Waals surface area contributed by atoms with E-state index in [4.69, 9.17) is 0 Å². The van der Waals surface area contributed by atoms with Crippen LogP contribution in [0, 0.1) is 0 Å². The Balaban J connectivity index is 2.25. The number of β-amino-alcohol motifs (C(OH)–C–C–N with tert-alkyl or cyclic N) is 1. The average Bonchev–Trinajstić information content (AvgIpc) is 2.86. The van der Waals surface area contributed by atoms with Gasteiger partial charge < -0.3 is 10.0 Å². The van der Waals surface area contributed by atoms with E-state index in [0.717, 1.165) is 0 Å². The summed E-state index contributed by atoms with van der Waals surface area (Å²) >= 11 is 1.21. The van der Waals surface area contributed by atoms with E-state index in [2.05, 4.69) is 0 Å². The fourth-order valence-corrected chi connectivity index (χ4v) is 5.05. The van der Waals surface area contributed by atoms with Gasteiger partial charge in [-0.05, 0) is 32.0 Å². The van der Waals surface area contributed by atoms with Crippen LogP contribution in [0.25, 0.3) is 0 Å². The molecule has 7 heteroatoms. The summed E-state index contributed by atoms with van der Waals surface area (Å²) in [4.78, 5) is 1.94.